The molecule has 0 fully saturated rings. The van der Waals surface area contributed by atoms with Crippen molar-refractivity contribution in [1.82, 2.24) is 0 Å². The molecule has 0 saturated heterocycles. The van der Waals surface area contributed by atoms with Gasteiger partial charge < -0.3 is 4.74 Å². The molecule has 1 nitrogen and oxygen atoms in total. The van der Waals surface area contributed by atoms with Crippen LogP contribution in [0.25, 0.3) is 32.0 Å². The number of alkyl halides is 6. The molecule has 0 bridgehead atoms. The number of hydrogen-bond donors (Lipinski definition) is 0. The number of thiophene rings is 2. The first kappa shape index (κ1) is 26.6. The molecule has 0 N–H and O–H groups in total. The lowest BCUT2D eigenvalue weighted by Crippen LogP contribution is -2.49. The van der Waals surface area contributed by atoms with E-state index < -0.39 is 34.5 Å². The van der Waals surface area contributed by atoms with Crippen molar-refractivity contribution < 1.29 is 31.1 Å². The minimum absolute atomic E-state index is 0.129. The molecule has 38 heavy (non-hydrogen) atoms. The minimum atomic E-state index is -5.65. The lowest BCUT2D eigenvalue weighted by molar-refractivity contribution is -0.254. The van der Waals surface area contributed by atoms with Gasteiger partial charge in [-0.05, 0) is 43.0 Å². The fraction of sp³-hybridized carbons (Fsp3) is 0.241. The van der Waals surface area contributed by atoms with Crippen molar-refractivity contribution in [3.8, 4) is 25.9 Å². The number of benzene rings is 2. The molecule has 2 aromatic carbocycles. The second kappa shape index (κ2) is 9.02. The van der Waals surface area contributed by atoms with Gasteiger partial charge in [-0.3, -0.25) is 0 Å². The largest absolute Gasteiger partial charge is 0.487 e. The number of aryl methyl sites for hydroxylation is 1. The van der Waals surface area contributed by atoms with Crippen molar-refractivity contribution >= 4 is 33.8 Å². The van der Waals surface area contributed by atoms with Gasteiger partial charge in [-0.2, -0.15) is 26.3 Å². The molecule has 5 rings (SSSR count). The van der Waals surface area contributed by atoms with E-state index >= 15 is 26.3 Å². The van der Waals surface area contributed by atoms with Crippen LogP contribution in [0, 0.1) is 20.8 Å². The fourth-order valence-corrected chi connectivity index (χ4v) is 7.37. The Labute approximate surface area is 224 Å². The van der Waals surface area contributed by atoms with Crippen LogP contribution in [-0.2, 0) is 0 Å². The third-order valence-corrected chi connectivity index (χ3v) is 9.42. The average molecular weight is 565 g/mol. The maximum atomic E-state index is 15.7. The molecule has 1 aliphatic carbocycles. The van der Waals surface area contributed by atoms with E-state index in [1.54, 1.807) is 60.7 Å². The molecule has 0 atom stereocenters. The van der Waals surface area contributed by atoms with E-state index in [4.69, 9.17) is 4.74 Å². The Morgan fingerprint density at radius 3 is 1.50 bits per heavy atom. The highest BCUT2D eigenvalue weighted by molar-refractivity contribution is 7.18. The van der Waals surface area contributed by atoms with Gasteiger partial charge in [-0.15, -0.1) is 11.3 Å². The van der Waals surface area contributed by atoms with Crippen LogP contribution in [0.4, 0.5) is 26.3 Å². The first-order chi connectivity index (χ1) is 17.9. The van der Waals surface area contributed by atoms with Crippen LogP contribution in [0.2, 0.25) is 0 Å². The normalized spacial score (nSPS) is 17.7. The molecule has 0 unspecified atom stereocenters. The van der Waals surface area contributed by atoms with Crippen LogP contribution in [0.5, 0.6) is 5.06 Å². The van der Waals surface area contributed by atoms with E-state index in [-0.39, 0.29) is 26.6 Å². The first-order valence-electron chi connectivity index (χ1n) is 11.6. The summed E-state index contributed by atoms with van der Waals surface area (Å²) in [7, 11) is 1.21. The highest BCUT2D eigenvalue weighted by Crippen LogP contribution is 2.67. The summed E-state index contributed by atoms with van der Waals surface area (Å²) in [6.07, 6.45) is 0. The number of allylic oxidation sites excluding steroid dienone is 2. The standard InChI is InChI=1S/C29H22F6OS2/c1-15-20(17(3)37-24(15)18-11-7-5-8-12-18)22-23(28(32,33)29(34,35)27(22,30)31)21-16(2)25(38-26(21)36-4)19-13-9-6-10-14-19/h5-14H,1-4H3. The molecule has 198 valence electrons. The first-order valence-corrected chi connectivity index (χ1v) is 13.3. The van der Waals surface area contributed by atoms with Gasteiger partial charge in [0, 0.05) is 36.9 Å². The number of rotatable bonds is 5. The Morgan fingerprint density at radius 1 is 0.605 bits per heavy atom. The molecule has 0 radical (unpaired) electrons. The van der Waals surface area contributed by atoms with Crippen LogP contribution < -0.4 is 4.74 Å². The van der Waals surface area contributed by atoms with Gasteiger partial charge in [-0.25, -0.2) is 0 Å². The van der Waals surface area contributed by atoms with Crippen molar-refractivity contribution in [3.05, 3.63) is 87.8 Å². The lowest BCUT2D eigenvalue weighted by atomic mass is 9.90. The predicted octanol–water partition coefficient (Wildman–Crippen LogP) is 9.91. The zero-order valence-electron chi connectivity index (χ0n) is 20.8. The zero-order chi connectivity index (χ0) is 27.6. The van der Waals surface area contributed by atoms with Crippen molar-refractivity contribution in [2.24, 2.45) is 0 Å². The van der Waals surface area contributed by atoms with Crippen molar-refractivity contribution in [2.75, 3.05) is 7.11 Å². The quantitative estimate of drug-likeness (QED) is 0.219. The maximum Gasteiger partial charge on any atom is 0.380 e. The second-order valence-electron chi connectivity index (χ2n) is 9.12. The minimum Gasteiger partial charge on any atom is -0.487 e. The lowest BCUT2D eigenvalue weighted by Gasteiger charge is -2.26. The van der Waals surface area contributed by atoms with Gasteiger partial charge in [0.15, 0.2) is 5.06 Å². The van der Waals surface area contributed by atoms with E-state index in [1.165, 1.54) is 27.9 Å². The summed E-state index contributed by atoms with van der Waals surface area (Å²) in [5, 5.41) is -0.129. The molecule has 9 heteroatoms. The van der Waals surface area contributed by atoms with Gasteiger partial charge in [0.2, 0.25) is 0 Å². The van der Waals surface area contributed by atoms with E-state index in [1.807, 2.05) is 0 Å². The van der Waals surface area contributed by atoms with Gasteiger partial charge in [0.05, 0.1) is 7.11 Å². The molecule has 1 aliphatic rings. The summed E-state index contributed by atoms with van der Waals surface area (Å²) < 4.78 is 98.2. The van der Waals surface area contributed by atoms with Gasteiger partial charge in [0.1, 0.15) is 0 Å². The highest BCUT2D eigenvalue weighted by Gasteiger charge is 2.80. The molecule has 4 aromatic rings. The van der Waals surface area contributed by atoms with Crippen LogP contribution >= 0.6 is 22.7 Å². The zero-order valence-corrected chi connectivity index (χ0v) is 22.4. The summed E-state index contributed by atoms with van der Waals surface area (Å²) in [4.78, 5) is 1.28. The van der Waals surface area contributed by atoms with E-state index in [0.717, 1.165) is 22.7 Å². The smallest absolute Gasteiger partial charge is 0.380 e. The Balaban J connectivity index is 1.89. The third-order valence-electron chi connectivity index (χ3n) is 6.86. The SMILES string of the molecule is COc1sc(-c2ccccc2)c(C)c1C1=C(c2c(C)sc(-c3ccccc3)c2C)C(F)(F)C(F)(F)C1(F)F. The molecule has 2 heterocycles. The molecular weight excluding hydrogens is 542 g/mol. The number of ether oxygens (including phenoxy) is 1. The Morgan fingerprint density at radius 2 is 1.03 bits per heavy atom. The van der Waals surface area contributed by atoms with Crippen LogP contribution in [0.15, 0.2) is 60.7 Å². The van der Waals surface area contributed by atoms with Crippen LogP contribution in [0.1, 0.15) is 27.1 Å². The summed E-state index contributed by atoms with van der Waals surface area (Å²) in [6.45, 7) is 4.46. The topological polar surface area (TPSA) is 9.23 Å². The molecule has 0 aliphatic heterocycles. The Kier molecular flexibility index (Phi) is 6.30. The van der Waals surface area contributed by atoms with Crippen molar-refractivity contribution in [1.29, 1.82) is 0 Å². The molecule has 0 saturated carbocycles. The average Bonchev–Trinajstić information content (AvgIpc) is 3.40. The van der Waals surface area contributed by atoms with Crippen molar-refractivity contribution in [2.45, 2.75) is 38.5 Å². The number of hydrogen-bond acceptors (Lipinski definition) is 3. The highest BCUT2D eigenvalue weighted by atomic mass is 32.1. The predicted molar refractivity (Wildman–Crippen MR) is 142 cm³/mol. The summed E-state index contributed by atoms with van der Waals surface area (Å²) in [6, 6.07) is 17.5. The number of methoxy groups -OCH3 is 1. The number of halogens is 6. The Hall–Kier alpha value is -3.04. The Bertz CT molecular complexity index is 1550. The van der Waals surface area contributed by atoms with Crippen LogP contribution in [-0.4, -0.2) is 24.9 Å². The maximum absolute atomic E-state index is 15.7. The summed E-state index contributed by atoms with van der Waals surface area (Å²) >= 11 is 2.07. The van der Waals surface area contributed by atoms with Gasteiger partial charge in [-0.1, -0.05) is 72.0 Å². The van der Waals surface area contributed by atoms with Crippen molar-refractivity contribution in [3.63, 3.8) is 0 Å². The van der Waals surface area contributed by atoms with Gasteiger partial charge >= 0.3 is 17.8 Å². The third kappa shape index (κ3) is 3.58. The van der Waals surface area contributed by atoms with E-state index in [2.05, 4.69) is 0 Å². The molecule has 0 amide bonds. The van der Waals surface area contributed by atoms with Gasteiger partial charge in [0.25, 0.3) is 0 Å². The monoisotopic (exact) mass is 564 g/mol. The van der Waals surface area contributed by atoms with E-state index in [9.17, 15) is 0 Å². The molecule has 0 spiro atoms. The fourth-order valence-electron chi connectivity index (χ4n) is 5.06. The molecule has 2 aromatic heterocycles. The summed E-state index contributed by atoms with van der Waals surface area (Å²) in [5.74, 6) is -15.9. The summed E-state index contributed by atoms with van der Waals surface area (Å²) in [5.41, 5.74) is -1.69. The van der Waals surface area contributed by atoms with E-state index in [0.29, 0.717) is 20.9 Å². The van der Waals surface area contributed by atoms with Crippen LogP contribution in [0.3, 0.4) is 0 Å². The molecular formula is C29H22F6OS2. The second-order valence-corrected chi connectivity index (χ2v) is 11.3.